The molecule has 1 N–H and O–H groups in total. The molecule has 0 aliphatic heterocycles. The van der Waals surface area contributed by atoms with Crippen molar-refractivity contribution in [2.75, 3.05) is 0 Å². The third-order valence-electron chi connectivity index (χ3n) is 2.04. The number of aromatic nitrogens is 1. The number of nitrogens with zero attached hydrogens (tertiary/aromatic N) is 1. The number of hydrogen-bond donors (Lipinski definition) is 1. The molecule has 3 nitrogen and oxygen atoms in total. The van der Waals surface area contributed by atoms with Gasteiger partial charge in [-0.2, -0.15) is 0 Å². The summed E-state index contributed by atoms with van der Waals surface area (Å²) in [6.45, 7) is -0.00782. The Morgan fingerprint density at radius 2 is 2.21 bits per heavy atom. The van der Waals surface area contributed by atoms with E-state index in [0.717, 1.165) is 15.4 Å². The summed E-state index contributed by atoms with van der Waals surface area (Å²) in [5, 5.41) is 9.74. The van der Waals surface area contributed by atoms with Crippen LogP contribution in [-0.4, -0.2) is 15.6 Å². The Labute approximate surface area is 89.1 Å². The quantitative estimate of drug-likeness (QED) is 0.894. The normalized spacial score (nSPS) is 10.6. The molecule has 2 rings (SSSR count). The number of para-hydroxylation sites is 1. The number of rotatable bonds is 2. The number of benzene rings is 1. The van der Waals surface area contributed by atoms with Crippen molar-refractivity contribution in [1.82, 2.24) is 4.57 Å². The van der Waals surface area contributed by atoms with E-state index in [1.807, 2.05) is 24.3 Å². The van der Waals surface area contributed by atoms with Crippen LogP contribution in [0.25, 0.3) is 10.9 Å². The van der Waals surface area contributed by atoms with Crippen molar-refractivity contribution in [3.05, 3.63) is 34.9 Å². The molecule has 0 unspecified atom stereocenters. The molecule has 2 aromatic rings. The van der Waals surface area contributed by atoms with Gasteiger partial charge in [0, 0.05) is 16.1 Å². The van der Waals surface area contributed by atoms with Gasteiger partial charge in [0.2, 0.25) is 0 Å². The van der Waals surface area contributed by atoms with E-state index in [1.165, 1.54) is 0 Å². The van der Waals surface area contributed by atoms with Crippen molar-refractivity contribution < 1.29 is 9.90 Å². The van der Waals surface area contributed by atoms with E-state index in [-0.39, 0.29) is 6.54 Å². The SMILES string of the molecule is O=C(O)Cn1ccc2cccc(Br)c21. The van der Waals surface area contributed by atoms with Gasteiger partial charge in [-0.15, -0.1) is 0 Å². The van der Waals surface area contributed by atoms with Gasteiger partial charge in [-0.25, -0.2) is 0 Å². The van der Waals surface area contributed by atoms with Crippen LogP contribution in [0.1, 0.15) is 0 Å². The fraction of sp³-hybridized carbons (Fsp3) is 0.100. The molecule has 0 bridgehead atoms. The van der Waals surface area contributed by atoms with Crippen LogP contribution in [0.15, 0.2) is 34.9 Å². The van der Waals surface area contributed by atoms with E-state index in [9.17, 15) is 4.79 Å². The molecule has 0 saturated carbocycles. The minimum Gasteiger partial charge on any atom is -0.480 e. The maximum atomic E-state index is 10.6. The van der Waals surface area contributed by atoms with Gasteiger partial charge in [0.15, 0.2) is 0 Å². The highest BCUT2D eigenvalue weighted by Crippen LogP contribution is 2.24. The van der Waals surface area contributed by atoms with Gasteiger partial charge in [-0.1, -0.05) is 12.1 Å². The molecule has 4 heteroatoms. The fourth-order valence-electron chi connectivity index (χ4n) is 1.49. The van der Waals surface area contributed by atoms with Crippen molar-refractivity contribution in [2.24, 2.45) is 0 Å². The van der Waals surface area contributed by atoms with Gasteiger partial charge in [0.25, 0.3) is 0 Å². The van der Waals surface area contributed by atoms with Crippen molar-refractivity contribution >= 4 is 32.8 Å². The maximum Gasteiger partial charge on any atom is 0.323 e. The molecular weight excluding hydrogens is 246 g/mol. The second kappa shape index (κ2) is 3.46. The van der Waals surface area contributed by atoms with E-state index in [2.05, 4.69) is 15.9 Å². The number of carboxylic acid groups (broad SMARTS) is 1. The lowest BCUT2D eigenvalue weighted by Crippen LogP contribution is -2.07. The molecule has 0 aliphatic carbocycles. The molecule has 0 aliphatic rings. The van der Waals surface area contributed by atoms with Crippen LogP contribution >= 0.6 is 15.9 Å². The van der Waals surface area contributed by atoms with Gasteiger partial charge in [0.1, 0.15) is 6.54 Å². The number of aliphatic carboxylic acids is 1. The van der Waals surface area contributed by atoms with Crippen LogP contribution in [0.3, 0.4) is 0 Å². The van der Waals surface area contributed by atoms with Crippen LogP contribution in [0.5, 0.6) is 0 Å². The van der Waals surface area contributed by atoms with Crippen molar-refractivity contribution in [2.45, 2.75) is 6.54 Å². The van der Waals surface area contributed by atoms with Crippen molar-refractivity contribution in [3.63, 3.8) is 0 Å². The fourth-order valence-corrected chi connectivity index (χ4v) is 2.10. The molecule has 0 amide bonds. The first-order valence-electron chi connectivity index (χ1n) is 4.13. The summed E-state index contributed by atoms with van der Waals surface area (Å²) in [6, 6.07) is 7.69. The Bertz CT molecular complexity index is 490. The van der Waals surface area contributed by atoms with Gasteiger partial charge < -0.3 is 9.67 Å². The first kappa shape index (κ1) is 9.27. The third kappa shape index (κ3) is 1.53. The van der Waals surface area contributed by atoms with Crippen molar-refractivity contribution in [3.8, 4) is 0 Å². The summed E-state index contributed by atoms with van der Waals surface area (Å²) in [5.74, 6) is -0.835. The van der Waals surface area contributed by atoms with Gasteiger partial charge in [-0.05, 0) is 28.1 Å². The maximum absolute atomic E-state index is 10.6. The Morgan fingerprint density at radius 1 is 1.43 bits per heavy atom. The molecular formula is C10H8BrNO2. The second-order valence-electron chi connectivity index (χ2n) is 3.02. The van der Waals surface area contributed by atoms with E-state index in [1.54, 1.807) is 10.8 Å². The molecule has 72 valence electrons. The zero-order valence-electron chi connectivity index (χ0n) is 7.27. The van der Waals surface area contributed by atoms with Crippen LogP contribution in [0.2, 0.25) is 0 Å². The summed E-state index contributed by atoms with van der Waals surface area (Å²) in [4.78, 5) is 10.6. The lowest BCUT2D eigenvalue weighted by Gasteiger charge is -2.02. The number of fused-ring (bicyclic) bond motifs is 1. The molecule has 0 saturated heterocycles. The predicted octanol–water partition coefficient (Wildman–Crippen LogP) is 2.49. The average Bonchev–Trinajstić information content (AvgIpc) is 2.49. The standard InChI is InChI=1S/C10H8BrNO2/c11-8-3-1-2-7-4-5-12(10(7)8)6-9(13)14/h1-5H,6H2,(H,13,14). The Kier molecular flexibility index (Phi) is 2.29. The highest BCUT2D eigenvalue weighted by atomic mass is 79.9. The largest absolute Gasteiger partial charge is 0.480 e. The average molecular weight is 254 g/mol. The number of halogens is 1. The molecule has 14 heavy (non-hydrogen) atoms. The van der Waals surface area contributed by atoms with Crippen molar-refractivity contribution in [1.29, 1.82) is 0 Å². The molecule has 1 aromatic carbocycles. The number of carboxylic acids is 1. The second-order valence-corrected chi connectivity index (χ2v) is 3.87. The zero-order valence-corrected chi connectivity index (χ0v) is 8.86. The van der Waals surface area contributed by atoms with Gasteiger partial charge >= 0.3 is 5.97 Å². The minimum atomic E-state index is -0.835. The highest BCUT2D eigenvalue weighted by Gasteiger charge is 2.06. The zero-order chi connectivity index (χ0) is 10.1. The predicted molar refractivity (Wildman–Crippen MR) is 57.3 cm³/mol. The van der Waals surface area contributed by atoms with Crippen LogP contribution < -0.4 is 0 Å². The van der Waals surface area contributed by atoms with Crippen LogP contribution in [-0.2, 0) is 11.3 Å². The molecule has 1 heterocycles. The lowest BCUT2D eigenvalue weighted by molar-refractivity contribution is -0.137. The molecule has 0 radical (unpaired) electrons. The van der Waals surface area contributed by atoms with E-state index < -0.39 is 5.97 Å². The topological polar surface area (TPSA) is 42.2 Å². The molecule has 1 aromatic heterocycles. The summed E-state index contributed by atoms with van der Waals surface area (Å²) >= 11 is 3.40. The van der Waals surface area contributed by atoms with Gasteiger partial charge in [-0.3, -0.25) is 4.79 Å². The summed E-state index contributed by atoms with van der Waals surface area (Å²) in [6.07, 6.45) is 1.78. The summed E-state index contributed by atoms with van der Waals surface area (Å²) < 4.78 is 2.63. The Morgan fingerprint density at radius 3 is 2.93 bits per heavy atom. The molecule has 0 fully saturated rings. The molecule has 0 atom stereocenters. The number of carbonyl (C=O) groups is 1. The Balaban J connectivity index is 2.61. The van der Waals surface area contributed by atoms with E-state index >= 15 is 0 Å². The van der Waals surface area contributed by atoms with Gasteiger partial charge in [0.05, 0.1) is 5.52 Å². The van der Waals surface area contributed by atoms with E-state index in [4.69, 9.17) is 5.11 Å². The highest BCUT2D eigenvalue weighted by molar-refractivity contribution is 9.10. The summed E-state index contributed by atoms with van der Waals surface area (Å²) in [7, 11) is 0. The van der Waals surface area contributed by atoms with Crippen LogP contribution in [0.4, 0.5) is 0 Å². The monoisotopic (exact) mass is 253 g/mol. The summed E-state index contributed by atoms with van der Waals surface area (Å²) in [5.41, 5.74) is 0.926. The smallest absolute Gasteiger partial charge is 0.323 e. The van der Waals surface area contributed by atoms with E-state index in [0.29, 0.717) is 0 Å². The molecule has 0 spiro atoms. The van der Waals surface area contributed by atoms with Crippen LogP contribution in [0, 0.1) is 0 Å². The minimum absolute atomic E-state index is 0.00782. The third-order valence-corrected chi connectivity index (χ3v) is 2.68. The Hall–Kier alpha value is -1.29. The number of hydrogen-bond acceptors (Lipinski definition) is 1. The lowest BCUT2D eigenvalue weighted by atomic mass is 10.2. The first-order valence-corrected chi connectivity index (χ1v) is 4.93. The first-order chi connectivity index (χ1) is 6.68.